The van der Waals surface area contributed by atoms with Crippen molar-refractivity contribution in [1.29, 1.82) is 0 Å². The first-order valence-electron chi connectivity index (χ1n) is 6.41. The summed E-state index contributed by atoms with van der Waals surface area (Å²) in [4.78, 5) is 23.2. The molecule has 1 aliphatic heterocycles. The molecule has 2 heterocycles. The summed E-state index contributed by atoms with van der Waals surface area (Å²) >= 11 is 5.71. The molecule has 0 aliphatic carbocycles. The van der Waals surface area contributed by atoms with Gasteiger partial charge in [0.2, 0.25) is 0 Å². The van der Waals surface area contributed by atoms with Gasteiger partial charge in [-0.1, -0.05) is 11.6 Å². The topological polar surface area (TPSA) is 157 Å². The number of nitrogens with one attached hydrogen (secondary N) is 2. The van der Waals surface area contributed by atoms with Crippen molar-refractivity contribution in [1.82, 2.24) is 20.6 Å². The van der Waals surface area contributed by atoms with Crippen LogP contribution in [0.1, 0.15) is 23.3 Å². The Bertz CT molecular complexity index is 570. The summed E-state index contributed by atoms with van der Waals surface area (Å²) in [6.07, 6.45) is 1.98. The highest BCUT2D eigenvalue weighted by Crippen LogP contribution is 2.17. The van der Waals surface area contributed by atoms with Crippen LogP contribution in [0.2, 0.25) is 5.15 Å². The number of guanidine groups is 1. The van der Waals surface area contributed by atoms with Crippen molar-refractivity contribution in [2.45, 2.75) is 18.9 Å². The lowest BCUT2D eigenvalue weighted by Gasteiger charge is -2.23. The van der Waals surface area contributed by atoms with E-state index in [9.17, 15) is 4.79 Å². The highest BCUT2D eigenvalue weighted by Gasteiger charge is 2.17. The second kappa shape index (κ2) is 6.55. The molecule has 1 saturated heterocycles. The molecule has 9 nitrogen and oxygen atoms in total. The van der Waals surface area contributed by atoms with Gasteiger partial charge < -0.3 is 27.8 Å². The van der Waals surface area contributed by atoms with Crippen LogP contribution in [0.15, 0.2) is 4.99 Å². The van der Waals surface area contributed by atoms with Crippen LogP contribution in [-0.4, -0.2) is 41.0 Å². The number of hydrogen-bond acceptors (Lipinski definition) is 6. The Morgan fingerprint density at radius 2 is 2.14 bits per heavy atom. The summed E-state index contributed by atoms with van der Waals surface area (Å²) in [6, 6.07) is 0.133. The number of amides is 1. The predicted molar refractivity (Wildman–Crippen MR) is 80.8 cm³/mol. The van der Waals surface area contributed by atoms with E-state index in [1.807, 2.05) is 0 Å². The first-order valence-corrected chi connectivity index (χ1v) is 6.79. The fraction of sp³-hybridized carbons (Fsp3) is 0.455. The van der Waals surface area contributed by atoms with E-state index in [1.165, 1.54) is 0 Å². The summed E-state index contributed by atoms with van der Waals surface area (Å²) in [5.41, 5.74) is 16.5. The minimum Gasteiger partial charge on any atom is -0.382 e. The Balaban J connectivity index is 2.08. The number of hydrogen-bond donors (Lipinski definition) is 5. The SMILES string of the molecule is N/C(=N\C(=O)c1nc(Cl)c(N)nc1N)N[C@H]1CCCNC1. The molecule has 2 rings (SSSR count). The Labute approximate surface area is 126 Å². The molecule has 0 bridgehead atoms. The van der Waals surface area contributed by atoms with Crippen molar-refractivity contribution < 1.29 is 4.79 Å². The van der Waals surface area contributed by atoms with Crippen LogP contribution in [0, 0.1) is 0 Å². The highest BCUT2D eigenvalue weighted by atomic mass is 35.5. The first kappa shape index (κ1) is 15.3. The largest absolute Gasteiger partial charge is 0.382 e. The number of carbonyl (C=O) groups is 1. The number of halogens is 1. The van der Waals surface area contributed by atoms with E-state index in [1.54, 1.807) is 0 Å². The third-order valence-electron chi connectivity index (χ3n) is 2.98. The van der Waals surface area contributed by atoms with E-state index < -0.39 is 5.91 Å². The van der Waals surface area contributed by atoms with Crippen molar-refractivity contribution in [2.24, 2.45) is 10.7 Å². The van der Waals surface area contributed by atoms with Crippen LogP contribution in [0.5, 0.6) is 0 Å². The standard InChI is InChI=1S/C11H17ClN8O/c12-7-9(14)19-8(13)6(18-7)10(21)20-11(15)17-5-2-1-3-16-4-5/h5,16H,1-4H2,(H4,13,14,19)(H3,15,17,20,21)/t5-/m0/s1. The summed E-state index contributed by atoms with van der Waals surface area (Å²) in [7, 11) is 0. The maximum atomic E-state index is 12.0. The second-order valence-corrected chi connectivity index (χ2v) is 4.98. The molecule has 1 atom stereocenters. The van der Waals surface area contributed by atoms with Gasteiger partial charge in [0.25, 0.3) is 0 Å². The summed E-state index contributed by atoms with van der Waals surface area (Å²) in [6.45, 7) is 1.74. The van der Waals surface area contributed by atoms with Crippen LogP contribution in [0.4, 0.5) is 11.6 Å². The number of nitrogens with two attached hydrogens (primary N) is 3. The van der Waals surface area contributed by atoms with E-state index in [0.717, 1.165) is 25.9 Å². The fourth-order valence-corrected chi connectivity index (χ4v) is 2.10. The van der Waals surface area contributed by atoms with Gasteiger partial charge in [-0.2, -0.15) is 4.99 Å². The van der Waals surface area contributed by atoms with Crippen molar-refractivity contribution in [3.05, 3.63) is 10.8 Å². The Kier molecular flexibility index (Phi) is 4.76. The minimum atomic E-state index is -0.726. The van der Waals surface area contributed by atoms with Crippen molar-refractivity contribution in [2.75, 3.05) is 24.6 Å². The van der Waals surface area contributed by atoms with Crippen LogP contribution in [0.25, 0.3) is 0 Å². The maximum absolute atomic E-state index is 12.0. The zero-order valence-electron chi connectivity index (χ0n) is 11.3. The minimum absolute atomic E-state index is 0.00264. The zero-order valence-corrected chi connectivity index (χ0v) is 12.0. The number of carbonyl (C=O) groups excluding carboxylic acids is 1. The number of anilines is 2. The first-order chi connectivity index (χ1) is 9.97. The molecule has 0 unspecified atom stereocenters. The number of nitrogen functional groups attached to an aromatic ring is 2. The molecule has 0 radical (unpaired) electrons. The molecule has 10 heteroatoms. The molecular weight excluding hydrogens is 296 g/mol. The van der Waals surface area contributed by atoms with Crippen LogP contribution in [0.3, 0.4) is 0 Å². The fourth-order valence-electron chi connectivity index (χ4n) is 1.98. The van der Waals surface area contributed by atoms with Crippen LogP contribution < -0.4 is 27.8 Å². The Morgan fingerprint density at radius 1 is 1.38 bits per heavy atom. The third kappa shape index (κ3) is 3.92. The average molecular weight is 313 g/mol. The zero-order chi connectivity index (χ0) is 15.4. The normalized spacial score (nSPS) is 19.3. The van der Waals surface area contributed by atoms with Crippen molar-refractivity contribution in [3.8, 4) is 0 Å². The smallest absolute Gasteiger partial charge is 0.302 e. The van der Waals surface area contributed by atoms with E-state index in [0.29, 0.717) is 0 Å². The van der Waals surface area contributed by atoms with Gasteiger partial charge >= 0.3 is 5.91 Å². The third-order valence-corrected chi connectivity index (χ3v) is 3.26. The molecule has 1 amide bonds. The number of piperidine rings is 1. The molecule has 0 aromatic carbocycles. The van der Waals surface area contributed by atoms with Gasteiger partial charge in [0.1, 0.15) is 0 Å². The number of nitrogens with zero attached hydrogens (tertiary/aromatic N) is 3. The summed E-state index contributed by atoms with van der Waals surface area (Å²) < 4.78 is 0. The summed E-state index contributed by atoms with van der Waals surface area (Å²) in [5, 5.41) is 6.07. The van der Waals surface area contributed by atoms with Gasteiger partial charge in [-0.05, 0) is 19.4 Å². The quantitative estimate of drug-likeness (QED) is 0.347. The van der Waals surface area contributed by atoms with Crippen LogP contribution in [-0.2, 0) is 0 Å². The molecule has 21 heavy (non-hydrogen) atoms. The van der Waals surface area contributed by atoms with Gasteiger partial charge in [-0.15, -0.1) is 0 Å². The second-order valence-electron chi connectivity index (χ2n) is 4.62. The molecule has 8 N–H and O–H groups in total. The van der Waals surface area contributed by atoms with Gasteiger partial charge in [-0.3, -0.25) is 4.79 Å². The number of aliphatic imine (C=N–C) groups is 1. The molecule has 0 saturated carbocycles. The van der Waals surface area contributed by atoms with Crippen molar-refractivity contribution >= 4 is 35.1 Å². The predicted octanol–water partition coefficient (Wildman–Crippen LogP) is -0.909. The Hall–Kier alpha value is -2.13. The monoisotopic (exact) mass is 312 g/mol. The lowest BCUT2D eigenvalue weighted by atomic mass is 10.1. The highest BCUT2D eigenvalue weighted by molar-refractivity contribution is 6.31. The van der Waals surface area contributed by atoms with E-state index in [4.69, 9.17) is 28.8 Å². The molecule has 1 aromatic rings. The van der Waals surface area contributed by atoms with Crippen molar-refractivity contribution in [3.63, 3.8) is 0 Å². The molecule has 114 valence electrons. The maximum Gasteiger partial charge on any atom is 0.302 e. The van der Waals surface area contributed by atoms with E-state index >= 15 is 0 Å². The van der Waals surface area contributed by atoms with Gasteiger partial charge in [0, 0.05) is 12.6 Å². The Morgan fingerprint density at radius 3 is 2.81 bits per heavy atom. The van der Waals surface area contributed by atoms with Gasteiger partial charge in [0.15, 0.2) is 28.4 Å². The number of rotatable bonds is 2. The van der Waals surface area contributed by atoms with Crippen LogP contribution >= 0.6 is 11.6 Å². The molecule has 1 aliphatic rings. The molecule has 1 fully saturated rings. The molecule has 1 aromatic heterocycles. The lowest BCUT2D eigenvalue weighted by molar-refractivity contribution is 0.0998. The summed E-state index contributed by atoms with van der Waals surface area (Å²) in [5.74, 6) is -0.912. The lowest BCUT2D eigenvalue weighted by Crippen LogP contribution is -2.48. The van der Waals surface area contributed by atoms with Gasteiger partial charge in [-0.25, -0.2) is 9.97 Å². The van der Waals surface area contributed by atoms with E-state index in [-0.39, 0.29) is 34.5 Å². The average Bonchev–Trinajstić information content (AvgIpc) is 2.43. The number of aromatic nitrogens is 2. The molecular formula is C11H17ClN8O. The molecule has 0 spiro atoms. The van der Waals surface area contributed by atoms with E-state index in [2.05, 4.69) is 25.6 Å². The van der Waals surface area contributed by atoms with Gasteiger partial charge in [0.05, 0.1) is 0 Å².